The van der Waals surface area contributed by atoms with Crippen LogP contribution in [0.3, 0.4) is 0 Å². The number of Topliss-reactive ketones (excluding diaryl/α,β-unsaturated/α-hetero) is 1. The van der Waals surface area contributed by atoms with E-state index in [1.165, 1.54) is 41.6 Å². The first-order chi connectivity index (χ1) is 10.1. The number of rotatable bonds is 5. The van der Waals surface area contributed by atoms with Crippen LogP contribution in [-0.4, -0.2) is 21.4 Å². The van der Waals surface area contributed by atoms with Crippen LogP contribution >= 0.6 is 11.8 Å². The Morgan fingerprint density at radius 2 is 2.10 bits per heavy atom. The molecular weight excluding hydrogens is 288 g/mol. The van der Waals surface area contributed by atoms with E-state index in [9.17, 15) is 14.9 Å². The Kier molecular flexibility index (Phi) is 3.79. The van der Waals surface area contributed by atoms with Gasteiger partial charge >= 0.3 is 0 Å². The van der Waals surface area contributed by atoms with Gasteiger partial charge in [-0.15, -0.1) is 11.8 Å². The highest BCUT2D eigenvalue weighted by molar-refractivity contribution is 8.00. The molecule has 1 aromatic heterocycles. The highest BCUT2D eigenvalue weighted by atomic mass is 32.2. The third-order valence-electron chi connectivity index (χ3n) is 3.62. The largest absolute Gasteiger partial charge is 0.353 e. The number of nitro groups is 1. The Bertz CT molecular complexity index is 709. The maximum atomic E-state index is 12.0. The van der Waals surface area contributed by atoms with Crippen molar-refractivity contribution in [1.29, 1.82) is 0 Å². The van der Waals surface area contributed by atoms with Crippen molar-refractivity contribution in [1.82, 2.24) is 4.98 Å². The maximum Gasteiger partial charge on any atom is 0.287 e. The SMILES string of the molecule is O=C(CSc1ccc2c(c1)CCC2)c1cc([N+](=O)[O-])c[nH]1. The van der Waals surface area contributed by atoms with Crippen molar-refractivity contribution in [3.8, 4) is 0 Å². The van der Waals surface area contributed by atoms with Crippen molar-refractivity contribution >= 4 is 23.2 Å². The molecule has 1 aliphatic rings. The van der Waals surface area contributed by atoms with Crippen LogP contribution < -0.4 is 0 Å². The van der Waals surface area contributed by atoms with E-state index in [0.29, 0.717) is 0 Å². The molecule has 0 spiro atoms. The lowest BCUT2D eigenvalue weighted by Crippen LogP contribution is -2.02. The van der Waals surface area contributed by atoms with Gasteiger partial charge in [0.05, 0.1) is 22.6 Å². The molecule has 0 radical (unpaired) electrons. The van der Waals surface area contributed by atoms with Gasteiger partial charge in [-0.05, 0) is 42.5 Å². The number of carbonyl (C=O) groups is 1. The summed E-state index contributed by atoms with van der Waals surface area (Å²) >= 11 is 1.47. The van der Waals surface area contributed by atoms with Crippen molar-refractivity contribution in [2.24, 2.45) is 0 Å². The summed E-state index contributed by atoms with van der Waals surface area (Å²) in [4.78, 5) is 25.8. The second-order valence-corrected chi connectivity index (χ2v) is 6.07. The number of aryl methyl sites for hydroxylation is 2. The average Bonchev–Trinajstić information content (AvgIpc) is 3.12. The standard InChI is InChI=1S/C15H14N2O3S/c18-15(14-7-12(8-16-14)17(19)20)9-21-13-5-4-10-2-1-3-11(10)6-13/h4-8,16H,1-3,9H2. The molecule has 0 aliphatic heterocycles. The molecule has 0 fully saturated rings. The normalized spacial score (nSPS) is 13.1. The summed E-state index contributed by atoms with van der Waals surface area (Å²) in [6.45, 7) is 0. The van der Waals surface area contributed by atoms with Crippen molar-refractivity contribution in [2.45, 2.75) is 24.2 Å². The first-order valence-electron chi connectivity index (χ1n) is 6.74. The number of hydrogen-bond acceptors (Lipinski definition) is 4. The molecule has 108 valence electrons. The van der Waals surface area contributed by atoms with E-state index in [4.69, 9.17) is 0 Å². The van der Waals surface area contributed by atoms with Crippen molar-refractivity contribution in [2.75, 3.05) is 5.75 Å². The third-order valence-corrected chi connectivity index (χ3v) is 4.61. The van der Waals surface area contributed by atoms with Gasteiger partial charge in [0.15, 0.2) is 5.78 Å². The summed E-state index contributed by atoms with van der Waals surface area (Å²) in [5.74, 6) is 0.143. The van der Waals surface area contributed by atoms with E-state index in [0.717, 1.165) is 17.7 Å². The lowest BCUT2D eigenvalue weighted by atomic mass is 10.1. The van der Waals surface area contributed by atoms with E-state index in [-0.39, 0.29) is 22.9 Å². The van der Waals surface area contributed by atoms with Crippen LogP contribution in [0.2, 0.25) is 0 Å². The number of nitrogens with one attached hydrogen (secondary N) is 1. The molecule has 0 bridgehead atoms. The second-order valence-electron chi connectivity index (χ2n) is 5.02. The van der Waals surface area contributed by atoms with Gasteiger partial charge < -0.3 is 4.98 Å². The zero-order chi connectivity index (χ0) is 14.8. The van der Waals surface area contributed by atoms with E-state index in [1.54, 1.807) is 0 Å². The highest BCUT2D eigenvalue weighted by Gasteiger charge is 2.15. The molecule has 0 amide bonds. The lowest BCUT2D eigenvalue weighted by Gasteiger charge is -2.04. The van der Waals surface area contributed by atoms with Crippen LogP contribution in [0.25, 0.3) is 0 Å². The topological polar surface area (TPSA) is 76.0 Å². The fraction of sp³-hybridized carbons (Fsp3) is 0.267. The fourth-order valence-electron chi connectivity index (χ4n) is 2.51. The van der Waals surface area contributed by atoms with Gasteiger partial charge in [0.1, 0.15) is 0 Å². The van der Waals surface area contributed by atoms with Gasteiger partial charge in [0.2, 0.25) is 0 Å². The Balaban J connectivity index is 1.64. The van der Waals surface area contributed by atoms with Crippen LogP contribution in [0.5, 0.6) is 0 Å². The van der Waals surface area contributed by atoms with Crippen LogP contribution in [0.1, 0.15) is 28.0 Å². The number of H-pyrrole nitrogens is 1. The molecule has 21 heavy (non-hydrogen) atoms. The van der Waals surface area contributed by atoms with Crippen LogP contribution in [-0.2, 0) is 12.8 Å². The number of thioether (sulfide) groups is 1. The smallest absolute Gasteiger partial charge is 0.287 e. The van der Waals surface area contributed by atoms with E-state index in [2.05, 4.69) is 17.1 Å². The van der Waals surface area contributed by atoms with Gasteiger partial charge in [-0.25, -0.2) is 0 Å². The Hall–Kier alpha value is -2.08. The molecule has 1 aromatic carbocycles. The molecule has 3 rings (SSSR count). The summed E-state index contributed by atoms with van der Waals surface area (Å²) in [6, 6.07) is 7.61. The van der Waals surface area contributed by atoms with E-state index in [1.807, 2.05) is 6.07 Å². The Morgan fingerprint density at radius 1 is 1.29 bits per heavy atom. The van der Waals surface area contributed by atoms with E-state index >= 15 is 0 Å². The van der Waals surface area contributed by atoms with Gasteiger partial charge in [-0.3, -0.25) is 14.9 Å². The van der Waals surface area contributed by atoms with Gasteiger partial charge in [-0.1, -0.05) is 6.07 Å². The zero-order valence-corrected chi connectivity index (χ0v) is 12.1. The monoisotopic (exact) mass is 302 g/mol. The van der Waals surface area contributed by atoms with Gasteiger partial charge in [0, 0.05) is 11.0 Å². The molecule has 0 saturated carbocycles. The minimum atomic E-state index is -0.513. The van der Waals surface area contributed by atoms with Crippen LogP contribution in [0, 0.1) is 10.1 Å². The number of aromatic nitrogens is 1. The molecular formula is C15H14N2O3S. The number of carbonyl (C=O) groups excluding carboxylic acids is 1. The number of hydrogen-bond donors (Lipinski definition) is 1. The van der Waals surface area contributed by atoms with Crippen LogP contribution in [0.15, 0.2) is 35.4 Å². The maximum absolute atomic E-state index is 12.0. The van der Waals surface area contributed by atoms with Crippen LogP contribution in [0.4, 0.5) is 5.69 Å². The predicted octanol–water partition coefficient (Wildman–Crippen LogP) is 3.39. The average molecular weight is 302 g/mol. The van der Waals surface area contributed by atoms with Gasteiger partial charge in [-0.2, -0.15) is 0 Å². The summed E-state index contributed by atoms with van der Waals surface area (Å²) in [6.07, 6.45) is 4.70. The van der Waals surface area contributed by atoms with Crippen molar-refractivity contribution in [3.05, 3.63) is 57.4 Å². The second kappa shape index (κ2) is 5.73. The summed E-state index contributed by atoms with van der Waals surface area (Å²) in [5, 5.41) is 10.6. The molecule has 2 aromatic rings. The quantitative estimate of drug-likeness (QED) is 0.397. The Morgan fingerprint density at radius 3 is 2.86 bits per heavy atom. The molecule has 0 saturated heterocycles. The molecule has 0 atom stereocenters. The number of nitrogens with zero attached hydrogens (tertiary/aromatic N) is 1. The molecule has 5 nitrogen and oxygen atoms in total. The first-order valence-corrected chi connectivity index (χ1v) is 7.72. The predicted molar refractivity (Wildman–Crippen MR) is 81.0 cm³/mol. The number of ketones is 1. The minimum Gasteiger partial charge on any atom is -0.353 e. The summed E-state index contributed by atoms with van der Waals surface area (Å²) in [7, 11) is 0. The highest BCUT2D eigenvalue weighted by Crippen LogP contribution is 2.28. The minimum absolute atomic E-state index is 0.0825. The zero-order valence-electron chi connectivity index (χ0n) is 11.3. The summed E-state index contributed by atoms with van der Waals surface area (Å²) in [5.41, 5.74) is 2.99. The Labute approximate surface area is 125 Å². The number of fused-ring (bicyclic) bond motifs is 1. The lowest BCUT2D eigenvalue weighted by molar-refractivity contribution is -0.384. The fourth-order valence-corrected chi connectivity index (χ4v) is 3.36. The van der Waals surface area contributed by atoms with Crippen molar-refractivity contribution in [3.63, 3.8) is 0 Å². The number of aromatic amines is 1. The third kappa shape index (κ3) is 3.00. The molecule has 1 N–H and O–H groups in total. The molecule has 1 aliphatic carbocycles. The first kappa shape index (κ1) is 13.9. The molecule has 6 heteroatoms. The van der Waals surface area contributed by atoms with Crippen molar-refractivity contribution < 1.29 is 9.72 Å². The molecule has 0 unspecified atom stereocenters. The molecule has 1 heterocycles. The summed E-state index contributed by atoms with van der Waals surface area (Å²) < 4.78 is 0. The number of benzene rings is 1. The van der Waals surface area contributed by atoms with E-state index < -0.39 is 4.92 Å². The van der Waals surface area contributed by atoms with Gasteiger partial charge in [0.25, 0.3) is 5.69 Å².